The maximum atomic E-state index is 10.8. The standard InChI is InChI=1S/C11H15NO2/c1-8-3-4-9(6-11(12)13)10(5-8)7-14-2/h3-5H,6-7H2,1-2H3,(H2,12,13). The van der Waals surface area contributed by atoms with Gasteiger partial charge in [-0.1, -0.05) is 23.8 Å². The minimum absolute atomic E-state index is 0.277. The second-order valence-corrected chi connectivity index (χ2v) is 3.35. The number of amides is 1. The summed E-state index contributed by atoms with van der Waals surface area (Å²) >= 11 is 0. The van der Waals surface area contributed by atoms with Gasteiger partial charge in [0.05, 0.1) is 13.0 Å². The molecule has 0 aliphatic carbocycles. The molecule has 0 saturated carbocycles. The predicted molar refractivity (Wildman–Crippen MR) is 54.8 cm³/mol. The molecule has 3 nitrogen and oxygen atoms in total. The second kappa shape index (κ2) is 4.77. The fourth-order valence-corrected chi connectivity index (χ4v) is 1.40. The first-order chi connectivity index (χ1) is 6.63. The highest BCUT2D eigenvalue weighted by molar-refractivity contribution is 5.77. The topological polar surface area (TPSA) is 52.3 Å². The Balaban J connectivity index is 2.95. The summed E-state index contributed by atoms with van der Waals surface area (Å²) in [5.74, 6) is -0.314. The van der Waals surface area contributed by atoms with Crippen LogP contribution in [0.15, 0.2) is 18.2 Å². The molecule has 0 aliphatic rings. The van der Waals surface area contributed by atoms with Gasteiger partial charge in [-0.25, -0.2) is 0 Å². The van der Waals surface area contributed by atoms with E-state index in [9.17, 15) is 4.79 Å². The van der Waals surface area contributed by atoms with Crippen LogP contribution in [0.4, 0.5) is 0 Å². The van der Waals surface area contributed by atoms with Crippen molar-refractivity contribution in [1.29, 1.82) is 0 Å². The van der Waals surface area contributed by atoms with Crippen molar-refractivity contribution in [1.82, 2.24) is 0 Å². The van der Waals surface area contributed by atoms with Gasteiger partial charge in [-0.05, 0) is 18.1 Å². The zero-order valence-electron chi connectivity index (χ0n) is 8.54. The molecule has 0 spiro atoms. The molecule has 1 aromatic rings. The van der Waals surface area contributed by atoms with Gasteiger partial charge in [-0.2, -0.15) is 0 Å². The van der Waals surface area contributed by atoms with Gasteiger partial charge in [0.1, 0.15) is 0 Å². The van der Waals surface area contributed by atoms with E-state index < -0.39 is 0 Å². The third kappa shape index (κ3) is 2.85. The van der Waals surface area contributed by atoms with Gasteiger partial charge in [-0.15, -0.1) is 0 Å². The Hall–Kier alpha value is -1.35. The Kier molecular flexibility index (Phi) is 3.65. The third-order valence-electron chi connectivity index (χ3n) is 2.03. The lowest BCUT2D eigenvalue weighted by Crippen LogP contribution is -2.15. The van der Waals surface area contributed by atoms with Gasteiger partial charge >= 0.3 is 0 Å². The molecule has 0 atom stereocenters. The number of aryl methyl sites for hydroxylation is 1. The molecule has 0 bridgehead atoms. The fourth-order valence-electron chi connectivity index (χ4n) is 1.40. The maximum absolute atomic E-state index is 10.8. The monoisotopic (exact) mass is 193 g/mol. The van der Waals surface area contributed by atoms with Crippen LogP contribution >= 0.6 is 0 Å². The molecule has 1 rings (SSSR count). The van der Waals surface area contributed by atoms with Gasteiger partial charge in [0.2, 0.25) is 5.91 Å². The molecule has 0 aromatic heterocycles. The molecule has 0 saturated heterocycles. The number of rotatable bonds is 4. The molecular formula is C11H15NO2. The number of primary amides is 1. The van der Waals surface area contributed by atoms with Crippen LogP contribution in [0, 0.1) is 6.92 Å². The van der Waals surface area contributed by atoms with Gasteiger partial charge in [0, 0.05) is 7.11 Å². The second-order valence-electron chi connectivity index (χ2n) is 3.35. The van der Waals surface area contributed by atoms with Crippen molar-refractivity contribution in [2.45, 2.75) is 20.0 Å². The van der Waals surface area contributed by atoms with Crippen LogP contribution in [0.1, 0.15) is 16.7 Å². The van der Waals surface area contributed by atoms with Gasteiger partial charge < -0.3 is 10.5 Å². The lowest BCUT2D eigenvalue weighted by molar-refractivity contribution is -0.117. The van der Waals surface area contributed by atoms with Crippen molar-refractivity contribution in [3.05, 3.63) is 34.9 Å². The molecule has 76 valence electrons. The van der Waals surface area contributed by atoms with E-state index >= 15 is 0 Å². The predicted octanol–water partition coefficient (Wildman–Crippen LogP) is 1.17. The normalized spacial score (nSPS) is 10.1. The van der Waals surface area contributed by atoms with Crippen molar-refractivity contribution in [3.8, 4) is 0 Å². The van der Waals surface area contributed by atoms with E-state index in [0.29, 0.717) is 6.61 Å². The van der Waals surface area contributed by atoms with E-state index in [4.69, 9.17) is 10.5 Å². The number of hydrogen-bond acceptors (Lipinski definition) is 2. The van der Waals surface area contributed by atoms with Crippen LogP contribution in [-0.4, -0.2) is 13.0 Å². The molecule has 1 amide bonds. The zero-order valence-corrected chi connectivity index (χ0v) is 8.54. The number of carbonyl (C=O) groups is 1. The molecule has 1 aromatic carbocycles. The maximum Gasteiger partial charge on any atom is 0.221 e. The highest BCUT2D eigenvalue weighted by Gasteiger charge is 2.05. The van der Waals surface area contributed by atoms with Gasteiger partial charge in [0.15, 0.2) is 0 Å². The SMILES string of the molecule is COCc1cc(C)ccc1CC(N)=O. The van der Waals surface area contributed by atoms with E-state index in [2.05, 4.69) is 0 Å². The molecule has 14 heavy (non-hydrogen) atoms. The molecule has 0 radical (unpaired) electrons. The molecule has 0 unspecified atom stereocenters. The van der Waals surface area contributed by atoms with E-state index in [1.807, 2.05) is 25.1 Å². The van der Waals surface area contributed by atoms with Crippen LogP contribution in [0.2, 0.25) is 0 Å². The number of nitrogens with two attached hydrogens (primary N) is 1. The van der Waals surface area contributed by atoms with Crippen molar-refractivity contribution in [2.75, 3.05) is 7.11 Å². The summed E-state index contributed by atoms with van der Waals surface area (Å²) in [5, 5.41) is 0. The quantitative estimate of drug-likeness (QED) is 0.780. The largest absolute Gasteiger partial charge is 0.380 e. The Morgan fingerprint density at radius 1 is 1.43 bits per heavy atom. The van der Waals surface area contributed by atoms with Crippen LogP contribution < -0.4 is 5.73 Å². The third-order valence-corrected chi connectivity index (χ3v) is 2.03. The molecular weight excluding hydrogens is 178 g/mol. The Morgan fingerprint density at radius 3 is 2.71 bits per heavy atom. The molecule has 0 aliphatic heterocycles. The fraction of sp³-hybridized carbons (Fsp3) is 0.364. The van der Waals surface area contributed by atoms with E-state index in [-0.39, 0.29) is 12.3 Å². The van der Waals surface area contributed by atoms with Gasteiger partial charge in [-0.3, -0.25) is 4.79 Å². The summed E-state index contributed by atoms with van der Waals surface area (Å²) in [6, 6.07) is 5.91. The molecule has 2 N–H and O–H groups in total. The zero-order chi connectivity index (χ0) is 10.6. The van der Waals surface area contributed by atoms with E-state index in [0.717, 1.165) is 16.7 Å². The summed E-state index contributed by atoms with van der Waals surface area (Å²) in [7, 11) is 1.64. The lowest BCUT2D eigenvalue weighted by Gasteiger charge is -2.08. The average Bonchev–Trinajstić information content (AvgIpc) is 2.09. The van der Waals surface area contributed by atoms with E-state index in [1.54, 1.807) is 7.11 Å². The number of benzene rings is 1. The van der Waals surface area contributed by atoms with Crippen LogP contribution in [-0.2, 0) is 22.6 Å². The Bertz CT molecular complexity index is 334. The minimum atomic E-state index is -0.314. The number of methoxy groups -OCH3 is 1. The Labute approximate surface area is 83.9 Å². The number of ether oxygens (including phenoxy) is 1. The van der Waals surface area contributed by atoms with Crippen molar-refractivity contribution in [2.24, 2.45) is 5.73 Å². The first kappa shape index (κ1) is 10.7. The van der Waals surface area contributed by atoms with Crippen LogP contribution in [0.3, 0.4) is 0 Å². The van der Waals surface area contributed by atoms with Crippen LogP contribution in [0.5, 0.6) is 0 Å². The number of carbonyl (C=O) groups excluding carboxylic acids is 1. The van der Waals surface area contributed by atoms with Crippen molar-refractivity contribution >= 4 is 5.91 Å². The smallest absolute Gasteiger partial charge is 0.221 e. The van der Waals surface area contributed by atoms with Crippen molar-refractivity contribution in [3.63, 3.8) is 0 Å². The highest BCUT2D eigenvalue weighted by atomic mass is 16.5. The summed E-state index contributed by atoms with van der Waals surface area (Å²) in [6.45, 7) is 2.53. The first-order valence-corrected chi connectivity index (χ1v) is 4.49. The molecule has 0 fully saturated rings. The van der Waals surface area contributed by atoms with E-state index in [1.165, 1.54) is 0 Å². The summed E-state index contributed by atoms with van der Waals surface area (Å²) < 4.78 is 5.05. The molecule has 0 heterocycles. The summed E-state index contributed by atoms with van der Waals surface area (Å²) in [4.78, 5) is 10.8. The average molecular weight is 193 g/mol. The minimum Gasteiger partial charge on any atom is -0.380 e. The number of hydrogen-bond donors (Lipinski definition) is 1. The molecule has 3 heteroatoms. The highest BCUT2D eigenvalue weighted by Crippen LogP contribution is 2.13. The first-order valence-electron chi connectivity index (χ1n) is 4.49. The van der Waals surface area contributed by atoms with Crippen LogP contribution in [0.25, 0.3) is 0 Å². The summed E-state index contributed by atoms with van der Waals surface area (Å²) in [5.41, 5.74) is 8.29. The summed E-state index contributed by atoms with van der Waals surface area (Å²) in [6.07, 6.45) is 0.277. The van der Waals surface area contributed by atoms with Crippen molar-refractivity contribution < 1.29 is 9.53 Å². The lowest BCUT2D eigenvalue weighted by atomic mass is 10.0. The van der Waals surface area contributed by atoms with Gasteiger partial charge in [0.25, 0.3) is 0 Å². The Morgan fingerprint density at radius 2 is 2.14 bits per heavy atom.